The van der Waals surface area contributed by atoms with Crippen LogP contribution in [0.4, 0.5) is 10.7 Å². The van der Waals surface area contributed by atoms with Gasteiger partial charge in [-0.3, -0.25) is 4.79 Å². The summed E-state index contributed by atoms with van der Waals surface area (Å²) in [6, 6.07) is 2.07. The van der Waals surface area contributed by atoms with E-state index in [9.17, 15) is 4.79 Å². The average Bonchev–Trinajstić information content (AvgIpc) is 2.55. The maximum atomic E-state index is 11.3. The molecule has 0 aliphatic carbocycles. The van der Waals surface area contributed by atoms with E-state index in [2.05, 4.69) is 13.0 Å². The van der Waals surface area contributed by atoms with Crippen LogP contribution >= 0.6 is 11.3 Å². The van der Waals surface area contributed by atoms with Crippen molar-refractivity contribution in [1.29, 1.82) is 5.26 Å². The van der Waals surface area contributed by atoms with Gasteiger partial charge < -0.3 is 10.6 Å². The summed E-state index contributed by atoms with van der Waals surface area (Å²) in [6.45, 7) is 4.37. The number of Topliss-reactive ketones (excluding diaryl/α,β-unsaturated/α-hetero) is 1. The van der Waals surface area contributed by atoms with Gasteiger partial charge in [0.25, 0.3) is 0 Å². The highest BCUT2D eigenvalue weighted by molar-refractivity contribution is 7.19. The first-order valence-electron chi connectivity index (χ1n) is 5.07. The largest absolute Gasteiger partial charge is 0.396 e. The van der Waals surface area contributed by atoms with Crippen LogP contribution in [0.25, 0.3) is 0 Å². The summed E-state index contributed by atoms with van der Waals surface area (Å²) in [5.74, 6) is -0.0878. The van der Waals surface area contributed by atoms with Crippen LogP contribution in [-0.4, -0.2) is 19.4 Å². The second-order valence-corrected chi connectivity index (χ2v) is 4.61. The molecule has 0 fully saturated rings. The van der Waals surface area contributed by atoms with Crippen LogP contribution < -0.4 is 10.6 Å². The molecule has 0 saturated heterocycles. The zero-order valence-corrected chi connectivity index (χ0v) is 10.5. The quantitative estimate of drug-likeness (QED) is 0.815. The highest BCUT2D eigenvalue weighted by Crippen LogP contribution is 2.37. The van der Waals surface area contributed by atoms with Gasteiger partial charge in [0.05, 0.1) is 10.6 Å². The van der Waals surface area contributed by atoms with Crippen LogP contribution in [0.3, 0.4) is 0 Å². The Labute approximate surface area is 99.3 Å². The summed E-state index contributed by atoms with van der Waals surface area (Å²) in [7, 11) is 1.90. The van der Waals surface area contributed by atoms with E-state index in [1.54, 1.807) is 0 Å². The molecule has 2 N–H and O–H groups in total. The van der Waals surface area contributed by atoms with Crippen molar-refractivity contribution >= 4 is 27.8 Å². The van der Waals surface area contributed by atoms with Crippen molar-refractivity contribution in [2.45, 2.75) is 20.3 Å². The van der Waals surface area contributed by atoms with Crippen LogP contribution in [0, 0.1) is 11.3 Å². The Morgan fingerprint density at radius 2 is 2.25 bits per heavy atom. The fourth-order valence-electron chi connectivity index (χ4n) is 1.51. The van der Waals surface area contributed by atoms with Gasteiger partial charge in [0, 0.05) is 20.5 Å². The summed E-state index contributed by atoms with van der Waals surface area (Å²) in [6.07, 6.45) is 0.981. The van der Waals surface area contributed by atoms with E-state index in [1.165, 1.54) is 18.3 Å². The number of ketones is 1. The van der Waals surface area contributed by atoms with E-state index < -0.39 is 0 Å². The second-order valence-electron chi connectivity index (χ2n) is 3.61. The number of rotatable bonds is 4. The second kappa shape index (κ2) is 4.99. The fourth-order valence-corrected chi connectivity index (χ4v) is 2.56. The van der Waals surface area contributed by atoms with Crippen LogP contribution in [0.15, 0.2) is 0 Å². The number of thiophene rings is 1. The Morgan fingerprint density at radius 1 is 1.62 bits per heavy atom. The third-order valence-electron chi connectivity index (χ3n) is 2.26. The third kappa shape index (κ3) is 2.17. The van der Waals surface area contributed by atoms with Gasteiger partial charge in [0.2, 0.25) is 0 Å². The Hall–Kier alpha value is -1.54. The van der Waals surface area contributed by atoms with Gasteiger partial charge in [0.15, 0.2) is 5.78 Å². The van der Waals surface area contributed by atoms with Gasteiger partial charge in [-0.05, 0) is 6.42 Å². The molecule has 1 aromatic rings. The Bertz CT molecular complexity index is 445. The first-order valence-corrected chi connectivity index (χ1v) is 5.89. The molecule has 0 unspecified atom stereocenters. The minimum absolute atomic E-state index is 0.0878. The normalized spacial score (nSPS) is 9.88. The monoisotopic (exact) mass is 237 g/mol. The van der Waals surface area contributed by atoms with E-state index in [4.69, 9.17) is 11.0 Å². The molecule has 1 aromatic heterocycles. The van der Waals surface area contributed by atoms with Crippen molar-refractivity contribution in [3.63, 3.8) is 0 Å². The van der Waals surface area contributed by atoms with Crippen LogP contribution in [0.1, 0.15) is 35.5 Å². The van der Waals surface area contributed by atoms with Crippen molar-refractivity contribution in [3.8, 4) is 6.07 Å². The van der Waals surface area contributed by atoms with E-state index in [0.29, 0.717) is 16.1 Å². The number of nitriles is 1. The lowest BCUT2D eigenvalue weighted by molar-refractivity contribution is 0.102. The Morgan fingerprint density at radius 3 is 2.69 bits per heavy atom. The number of hydrogen-bond donors (Lipinski definition) is 1. The molecule has 0 aromatic carbocycles. The summed E-state index contributed by atoms with van der Waals surface area (Å²) >= 11 is 1.30. The molecule has 1 rings (SSSR count). The maximum absolute atomic E-state index is 11.3. The fraction of sp³-hybridized carbons (Fsp3) is 0.455. The molecule has 16 heavy (non-hydrogen) atoms. The minimum Gasteiger partial charge on any atom is -0.396 e. The predicted octanol–water partition coefficient (Wildman–Crippen LogP) is 2.25. The molecular weight excluding hydrogens is 222 g/mol. The molecule has 0 spiro atoms. The standard InChI is InChI=1S/C11H15N3OS/c1-4-5-14(3)11-8(6-12)9(13)10(16-11)7(2)15/h4-5,13H2,1-3H3. The molecule has 0 aliphatic rings. The van der Waals surface area contributed by atoms with Crippen LogP contribution in [0.2, 0.25) is 0 Å². The molecule has 1 heterocycles. The molecule has 0 saturated carbocycles. The maximum Gasteiger partial charge on any atom is 0.171 e. The van der Waals surface area contributed by atoms with Crippen molar-refractivity contribution in [1.82, 2.24) is 0 Å². The Balaban J connectivity index is 3.25. The first-order chi connectivity index (χ1) is 7.52. The lowest BCUT2D eigenvalue weighted by Crippen LogP contribution is -2.17. The molecule has 4 nitrogen and oxygen atoms in total. The van der Waals surface area contributed by atoms with Crippen LogP contribution in [-0.2, 0) is 0 Å². The third-order valence-corrected chi connectivity index (χ3v) is 3.68. The molecule has 86 valence electrons. The van der Waals surface area contributed by atoms with E-state index in [-0.39, 0.29) is 5.78 Å². The van der Waals surface area contributed by atoms with E-state index in [1.807, 2.05) is 11.9 Å². The molecule has 0 atom stereocenters. The van der Waals surface area contributed by atoms with Gasteiger partial charge in [-0.2, -0.15) is 5.26 Å². The summed E-state index contributed by atoms with van der Waals surface area (Å²) < 4.78 is 0. The van der Waals surface area contributed by atoms with Gasteiger partial charge in [0.1, 0.15) is 16.6 Å². The highest BCUT2D eigenvalue weighted by Gasteiger charge is 2.20. The van der Waals surface area contributed by atoms with Crippen molar-refractivity contribution < 1.29 is 4.79 Å². The summed E-state index contributed by atoms with van der Waals surface area (Å²) in [4.78, 5) is 13.8. The number of hydrogen-bond acceptors (Lipinski definition) is 5. The van der Waals surface area contributed by atoms with Gasteiger partial charge >= 0.3 is 0 Å². The average molecular weight is 237 g/mol. The van der Waals surface area contributed by atoms with Crippen LogP contribution in [0.5, 0.6) is 0 Å². The van der Waals surface area contributed by atoms with Gasteiger partial charge in [-0.25, -0.2) is 0 Å². The molecule has 0 aliphatic heterocycles. The number of carbonyl (C=O) groups excluding carboxylic acids is 1. The zero-order chi connectivity index (χ0) is 12.3. The first kappa shape index (κ1) is 12.5. The van der Waals surface area contributed by atoms with Crippen molar-refractivity contribution in [2.24, 2.45) is 0 Å². The van der Waals surface area contributed by atoms with Gasteiger partial charge in [-0.1, -0.05) is 6.92 Å². The molecule has 0 amide bonds. The van der Waals surface area contributed by atoms with E-state index >= 15 is 0 Å². The lowest BCUT2D eigenvalue weighted by Gasteiger charge is -2.16. The number of nitrogen functional groups attached to an aromatic ring is 1. The molecule has 0 radical (unpaired) electrons. The molecule has 5 heteroatoms. The minimum atomic E-state index is -0.0878. The zero-order valence-electron chi connectivity index (χ0n) is 9.70. The highest BCUT2D eigenvalue weighted by atomic mass is 32.1. The van der Waals surface area contributed by atoms with Crippen molar-refractivity contribution in [2.75, 3.05) is 24.2 Å². The topological polar surface area (TPSA) is 70.1 Å². The SMILES string of the molecule is CCCN(C)c1sc(C(C)=O)c(N)c1C#N. The van der Waals surface area contributed by atoms with Crippen molar-refractivity contribution in [3.05, 3.63) is 10.4 Å². The van der Waals surface area contributed by atoms with Gasteiger partial charge in [-0.15, -0.1) is 11.3 Å². The summed E-state index contributed by atoms with van der Waals surface area (Å²) in [5, 5.41) is 9.83. The smallest absolute Gasteiger partial charge is 0.171 e. The molecule has 0 bridgehead atoms. The summed E-state index contributed by atoms with van der Waals surface area (Å²) in [5.41, 5.74) is 6.53. The predicted molar refractivity (Wildman–Crippen MR) is 67.0 cm³/mol. The number of nitrogens with zero attached hydrogens (tertiary/aromatic N) is 2. The lowest BCUT2D eigenvalue weighted by atomic mass is 10.2. The number of carbonyl (C=O) groups is 1. The van der Waals surface area contributed by atoms with E-state index in [0.717, 1.165) is 18.0 Å². The number of nitrogens with two attached hydrogens (primary N) is 1. The number of anilines is 2. The molecular formula is C11H15N3OS. The Kier molecular flexibility index (Phi) is 3.91.